The van der Waals surface area contributed by atoms with E-state index < -0.39 is 17.8 Å². The van der Waals surface area contributed by atoms with E-state index in [4.69, 9.17) is 4.74 Å². The molecule has 0 aromatic heterocycles. The second kappa shape index (κ2) is 4.86. The highest BCUT2D eigenvalue weighted by Crippen LogP contribution is 2.28. The van der Waals surface area contributed by atoms with Crippen molar-refractivity contribution < 1.29 is 18.3 Å². The molecule has 3 rings (SSSR count). The summed E-state index contributed by atoms with van der Waals surface area (Å²) in [6.45, 7) is 1.33. The highest BCUT2D eigenvalue weighted by Gasteiger charge is 2.38. The quantitative estimate of drug-likeness (QED) is 0.876. The van der Waals surface area contributed by atoms with E-state index in [9.17, 15) is 13.6 Å². The molecule has 1 N–H and O–H groups in total. The van der Waals surface area contributed by atoms with Gasteiger partial charge in [0, 0.05) is 6.61 Å². The molecule has 0 spiro atoms. The minimum atomic E-state index is -0.902. The summed E-state index contributed by atoms with van der Waals surface area (Å²) < 4.78 is 31.6. The number of nitrogens with zero attached hydrogens (tertiary/aromatic N) is 1. The summed E-state index contributed by atoms with van der Waals surface area (Å²) in [4.78, 5) is 13.6. The van der Waals surface area contributed by atoms with Gasteiger partial charge in [0.05, 0.1) is 19.2 Å². The number of carbonyl (C=O) groups is 1. The van der Waals surface area contributed by atoms with Gasteiger partial charge in [-0.1, -0.05) is 6.07 Å². The SMILES string of the molecule is O=C1CNC(c2ccc(F)c(F)c2)N1C1CCOC1. The van der Waals surface area contributed by atoms with E-state index in [1.165, 1.54) is 6.07 Å². The van der Waals surface area contributed by atoms with Crippen LogP contribution in [0, 0.1) is 11.6 Å². The van der Waals surface area contributed by atoms with Gasteiger partial charge in [0.25, 0.3) is 0 Å². The first-order valence-electron chi connectivity index (χ1n) is 6.24. The van der Waals surface area contributed by atoms with Crippen molar-refractivity contribution in [2.45, 2.75) is 18.6 Å². The van der Waals surface area contributed by atoms with Gasteiger partial charge in [0.1, 0.15) is 6.17 Å². The third-order valence-corrected chi connectivity index (χ3v) is 3.57. The molecule has 2 heterocycles. The van der Waals surface area contributed by atoms with Gasteiger partial charge in [0.2, 0.25) is 5.91 Å². The van der Waals surface area contributed by atoms with Crippen LogP contribution in [0.15, 0.2) is 18.2 Å². The van der Waals surface area contributed by atoms with Gasteiger partial charge in [-0.15, -0.1) is 0 Å². The molecule has 0 aliphatic carbocycles. The Morgan fingerprint density at radius 3 is 2.84 bits per heavy atom. The lowest BCUT2D eigenvalue weighted by Gasteiger charge is -2.29. The fourth-order valence-electron chi connectivity index (χ4n) is 2.63. The lowest BCUT2D eigenvalue weighted by Crippen LogP contribution is -2.40. The van der Waals surface area contributed by atoms with Crippen LogP contribution < -0.4 is 5.32 Å². The van der Waals surface area contributed by atoms with Crippen LogP contribution in [0.25, 0.3) is 0 Å². The van der Waals surface area contributed by atoms with Crippen molar-refractivity contribution >= 4 is 5.91 Å². The average molecular weight is 268 g/mol. The Kier molecular flexibility index (Phi) is 3.20. The molecule has 2 unspecified atom stereocenters. The van der Waals surface area contributed by atoms with Gasteiger partial charge in [-0.3, -0.25) is 10.1 Å². The van der Waals surface area contributed by atoms with E-state index in [0.717, 1.165) is 18.6 Å². The molecule has 6 heteroatoms. The van der Waals surface area contributed by atoms with Crippen molar-refractivity contribution in [3.8, 4) is 0 Å². The number of rotatable bonds is 2. The molecule has 4 nitrogen and oxygen atoms in total. The van der Waals surface area contributed by atoms with Gasteiger partial charge < -0.3 is 9.64 Å². The van der Waals surface area contributed by atoms with Crippen LogP contribution in [-0.2, 0) is 9.53 Å². The van der Waals surface area contributed by atoms with Crippen LogP contribution >= 0.6 is 0 Å². The Labute approximate surface area is 109 Å². The highest BCUT2D eigenvalue weighted by molar-refractivity contribution is 5.81. The summed E-state index contributed by atoms with van der Waals surface area (Å²) in [5.41, 5.74) is 0.552. The van der Waals surface area contributed by atoms with Gasteiger partial charge in [0.15, 0.2) is 11.6 Å². The fraction of sp³-hybridized carbons (Fsp3) is 0.462. The molecule has 2 atom stereocenters. The number of amides is 1. The van der Waals surface area contributed by atoms with Crippen molar-refractivity contribution in [3.05, 3.63) is 35.4 Å². The molecule has 2 saturated heterocycles. The Bertz CT molecular complexity index is 503. The molecule has 1 aromatic carbocycles. The fourth-order valence-corrected chi connectivity index (χ4v) is 2.63. The molecule has 2 aliphatic rings. The van der Waals surface area contributed by atoms with Crippen LogP contribution in [0.5, 0.6) is 0 Å². The summed E-state index contributed by atoms with van der Waals surface area (Å²) in [6.07, 6.45) is 0.363. The molecular weight excluding hydrogens is 254 g/mol. The Morgan fingerprint density at radius 2 is 2.16 bits per heavy atom. The van der Waals surface area contributed by atoms with E-state index in [2.05, 4.69) is 5.32 Å². The summed E-state index contributed by atoms with van der Waals surface area (Å²) in [7, 11) is 0. The molecule has 1 aromatic rings. The minimum Gasteiger partial charge on any atom is -0.379 e. The first kappa shape index (κ1) is 12.5. The first-order chi connectivity index (χ1) is 9.16. The summed E-state index contributed by atoms with van der Waals surface area (Å²) in [5.74, 6) is -1.82. The van der Waals surface area contributed by atoms with Crippen molar-refractivity contribution in [1.29, 1.82) is 0 Å². The number of benzene rings is 1. The number of halogens is 2. The maximum Gasteiger partial charge on any atom is 0.238 e. The molecule has 0 saturated carbocycles. The Morgan fingerprint density at radius 1 is 1.32 bits per heavy atom. The number of carbonyl (C=O) groups excluding carboxylic acids is 1. The lowest BCUT2D eigenvalue weighted by molar-refractivity contribution is -0.130. The maximum atomic E-state index is 13.3. The van der Waals surface area contributed by atoms with Gasteiger partial charge in [-0.05, 0) is 24.1 Å². The molecule has 102 valence electrons. The lowest BCUT2D eigenvalue weighted by atomic mass is 10.1. The molecule has 2 fully saturated rings. The standard InChI is InChI=1S/C13H14F2N2O2/c14-10-2-1-8(5-11(10)15)13-16-6-12(18)17(13)9-3-4-19-7-9/h1-2,5,9,13,16H,3-4,6-7H2. The predicted molar refractivity (Wildman–Crippen MR) is 63.2 cm³/mol. The van der Waals surface area contributed by atoms with Gasteiger partial charge in [-0.2, -0.15) is 0 Å². The summed E-state index contributed by atoms with van der Waals surface area (Å²) >= 11 is 0. The highest BCUT2D eigenvalue weighted by atomic mass is 19.2. The monoisotopic (exact) mass is 268 g/mol. The molecular formula is C13H14F2N2O2. The van der Waals surface area contributed by atoms with Crippen molar-refractivity contribution in [2.75, 3.05) is 19.8 Å². The zero-order valence-electron chi connectivity index (χ0n) is 10.2. The Hall–Kier alpha value is -1.53. The summed E-state index contributed by atoms with van der Waals surface area (Å²) in [6, 6.07) is 3.71. The molecule has 0 radical (unpaired) electrons. The van der Waals surface area contributed by atoms with Crippen LogP contribution in [0.4, 0.5) is 8.78 Å². The van der Waals surface area contributed by atoms with Crippen LogP contribution in [-0.4, -0.2) is 36.6 Å². The molecule has 19 heavy (non-hydrogen) atoms. The van der Waals surface area contributed by atoms with E-state index in [1.54, 1.807) is 4.90 Å². The smallest absolute Gasteiger partial charge is 0.238 e. The number of nitrogens with one attached hydrogen (secondary N) is 1. The molecule has 2 aliphatic heterocycles. The van der Waals surface area contributed by atoms with Crippen molar-refractivity contribution in [1.82, 2.24) is 10.2 Å². The molecule has 1 amide bonds. The zero-order valence-corrected chi connectivity index (χ0v) is 10.2. The van der Waals surface area contributed by atoms with E-state index >= 15 is 0 Å². The van der Waals surface area contributed by atoms with Crippen molar-refractivity contribution in [3.63, 3.8) is 0 Å². The third-order valence-electron chi connectivity index (χ3n) is 3.57. The largest absolute Gasteiger partial charge is 0.379 e. The average Bonchev–Trinajstić information content (AvgIpc) is 3.01. The van der Waals surface area contributed by atoms with E-state index in [-0.39, 0.29) is 18.5 Å². The van der Waals surface area contributed by atoms with E-state index in [0.29, 0.717) is 18.8 Å². The van der Waals surface area contributed by atoms with Crippen molar-refractivity contribution in [2.24, 2.45) is 0 Å². The number of ether oxygens (including phenoxy) is 1. The molecule has 0 bridgehead atoms. The topological polar surface area (TPSA) is 41.6 Å². The first-order valence-corrected chi connectivity index (χ1v) is 6.24. The van der Waals surface area contributed by atoms with Gasteiger partial charge in [-0.25, -0.2) is 8.78 Å². The van der Waals surface area contributed by atoms with Gasteiger partial charge >= 0.3 is 0 Å². The number of hydrogen-bond acceptors (Lipinski definition) is 3. The predicted octanol–water partition coefficient (Wildman–Crippen LogP) is 1.18. The number of hydrogen-bond donors (Lipinski definition) is 1. The second-order valence-electron chi connectivity index (χ2n) is 4.78. The van der Waals surface area contributed by atoms with Crippen LogP contribution in [0.3, 0.4) is 0 Å². The van der Waals surface area contributed by atoms with Crippen LogP contribution in [0.2, 0.25) is 0 Å². The Balaban J connectivity index is 1.89. The zero-order chi connectivity index (χ0) is 13.4. The maximum absolute atomic E-state index is 13.3. The third kappa shape index (κ3) is 2.21. The van der Waals surface area contributed by atoms with E-state index in [1.807, 2.05) is 0 Å². The minimum absolute atomic E-state index is 0.000569. The normalized spacial score (nSPS) is 27.3. The summed E-state index contributed by atoms with van der Waals surface area (Å²) in [5, 5.41) is 3.03. The van der Waals surface area contributed by atoms with Crippen LogP contribution in [0.1, 0.15) is 18.2 Å². The second-order valence-corrected chi connectivity index (χ2v) is 4.78.